The molecule has 0 spiro atoms. The van der Waals surface area contributed by atoms with Crippen LogP contribution in [0.1, 0.15) is 59.3 Å². The van der Waals surface area contributed by atoms with Crippen LogP contribution >= 0.6 is 15.3 Å². The molecular formula is C14H31BrSi2. The lowest BCUT2D eigenvalue weighted by Crippen LogP contribution is -2.59. The van der Waals surface area contributed by atoms with Crippen molar-refractivity contribution >= 4 is 30.1 Å². The predicted octanol–water partition coefficient (Wildman–Crippen LogP) is 6.27. The molecule has 102 valence electrons. The van der Waals surface area contributed by atoms with Crippen molar-refractivity contribution in [2.45, 2.75) is 88.8 Å². The van der Waals surface area contributed by atoms with Crippen LogP contribution in [0, 0.1) is 0 Å². The van der Waals surface area contributed by atoms with Crippen LogP contribution in [0.4, 0.5) is 0 Å². The van der Waals surface area contributed by atoms with Gasteiger partial charge in [-0.15, -0.1) is 15.3 Å². The van der Waals surface area contributed by atoms with Gasteiger partial charge >= 0.3 is 0 Å². The number of rotatable bonds is 9. The minimum atomic E-state index is -0.879. The highest BCUT2D eigenvalue weighted by Crippen LogP contribution is 2.52. The first-order valence-corrected chi connectivity index (χ1v) is 15.5. The minimum absolute atomic E-state index is 0.755. The molecule has 0 N–H and O–H groups in total. The van der Waals surface area contributed by atoms with Crippen molar-refractivity contribution < 1.29 is 0 Å². The van der Waals surface area contributed by atoms with Gasteiger partial charge in [-0.2, -0.15) is 0 Å². The number of hydrogen-bond acceptors (Lipinski definition) is 0. The Morgan fingerprint density at radius 1 is 0.765 bits per heavy atom. The number of hydrogen-bond donors (Lipinski definition) is 0. The molecule has 1 aliphatic heterocycles. The van der Waals surface area contributed by atoms with Crippen LogP contribution in [0.15, 0.2) is 0 Å². The zero-order chi connectivity index (χ0) is 12.8. The third-order valence-corrected chi connectivity index (χ3v) is 25.9. The molecule has 3 heteroatoms. The molecule has 0 radical (unpaired) electrons. The molecule has 0 unspecified atom stereocenters. The van der Waals surface area contributed by atoms with Crippen LogP contribution < -0.4 is 0 Å². The van der Waals surface area contributed by atoms with Gasteiger partial charge in [0.2, 0.25) is 0 Å². The summed E-state index contributed by atoms with van der Waals surface area (Å²) in [5, 5.41) is 0. The normalized spacial score (nSPS) is 21.2. The summed E-state index contributed by atoms with van der Waals surface area (Å²) >= 11 is 4.20. The lowest BCUT2D eigenvalue weighted by Gasteiger charge is -2.51. The molecular weight excluding hydrogens is 304 g/mol. The van der Waals surface area contributed by atoms with Crippen molar-refractivity contribution in [3.8, 4) is 0 Å². The summed E-state index contributed by atoms with van der Waals surface area (Å²) in [5.74, 6) is 0. The van der Waals surface area contributed by atoms with Crippen LogP contribution in [0.3, 0.4) is 0 Å². The Hall–Kier alpha value is 0.914. The van der Waals surface area contributed by atoms with E-state index in [0.717, 1.165) is 0 Å². The summed E-state index contributed by atoms with van der Waals surface area (Å²) in [6.07, 6.45) is 8.71. The molecule has 0 nitrogen and oxygen atoms in total. The van der Waals surface area contributed by atoms with Gasteiger partial charge < -0.3 is 0 Å². The molecule has 0 aliphatic carbocycles. The highest BCUT2D eigenvalue weighted by molar-refractivity contribution is 9.26. The number of halogens is 1. The standard InChI is InChI=1S/C14H31BrSi2/c1-4-7-10-16(11-8-5-2)13-17(15,14-16)12-9-6-3/h4-14H2,1-3H3. The second-order valence-corrected chi connectivity index (χ2v) is 21.0. The van der Waals surface area contributed by atoms with E-state index in [0.29, 0.717) is 0 Å². The summed E-state index contributed by atoms with van der Waals surface area (Å²) < 4.78 is 0. The molecule has 0 aromatic rings. The second-order valence-electron chi connectivity index (χ2n) is 6.32. The van der Waals surface area contributed by atoms with Gasteiger partial charge in [-0.05, 0) is 6.04 Å². The summed E-state index contributed by atoms with van der Waals surface area (Å²) in [4.78, 5) is 0. The van der Waals surface area contributed by atoms with Gasteiger partial charge in [0.25, 0.3) is 0 Å². The highest BCUT2D eigenvalue weighted by Gasteiger charge is 2.54. The van der Waals surface area contributed by atoms with E-state index in [9.17, 15) is 0 Å². The van der Waals surface area contributed by atoms with Crippen LogP contribution in [-0.4, -0.2) is 14.8 Å². The largest absolute Gasteiger partial charge is 0.127 e. The molecule has 0 saturated carbocycles. The average molecular weight is 335 g/mol. The zero-order valence-corrected chi connectivity index (χ0v) is 15.7. The van der Waals surface area contributed by atoms with Crippen molar-refractivity contribution in [3.63, 3.8) is 0 Å². The molecule has 1 aliphatic rings. The Bertz CT molecular complexity index is 202. The molecule has 0 aromatic heterocycles. The number of unbranched alkanes of at least 4 members (excludes halogenated alkanes) is 3. The molecule has 0 atom stereocenters. The third-order valence-electron chi connectivity index (χ3n) is 4.48. The fourth-order valence-corrected chi connectivity index (χ4v) is 33.1. The fraction of sp³-hybridized carbons (Fsp3) is 1.00. The Labute approximate surface area is 119 Å². The monoisotopic (exact) mass is 334 g/mol. The SMILES string of the molecule is CCCC[Si]1(Br)C[Si](CCCC)(CCCC)C1. The lowest BCUT2D eigenvalue weighted by atomic mass is 10.4. The molecule has 1 heterocycles. The molecule has 0 amide bonds. The van der Waals surface area contributed by atoms with Crippen molar-refractivity contribution in [1.29, 1.82) is 0 Å². The van der Waals surface area contributed by atoms with Gasteiger partial charge in [0.05, 0.1) is 0 Å². The van der Waals surface area contributed by atoms with Crippen molar-refractivity contribution in [1.82, 2.24) is 0 Å². The summed E-state index contributed by atoms with van der Waals surface area (Å²) in [6.45, 7) is 6.17. The van der Waals surface area contributed by atoms with Gasteiger partial charge in [-0.25, -0.2) is 0 Å². The van der Waals surface area contributed by atoms with Gasteiger partial charge in [0.1, 0.15) is 6.69 Å². The maximum absolute atomic E-state index is 4.20. The second kappa shape index (κ2) is 7.49. The van der Waals surface area contributed by atoms with Gasteiger partial charge in [0.15, 0.2) is 0 Å². The summed E-state index contributed by atoms with van der Waals surface area (Å²) in [6, 6.07) is 4.86. The zero-order valence-electron chi connectivity index (χ0n) is 12.2. The van der Waals surface area contributed by atoms with E-state index >= 15 is 0 Å². The maximum Gasteiger partial charge on any atom is 0.125 e. The Balaban J connectivity index is 2.41. The van der Waals surface area contributed by atoms with Crippen LogP contribution in [0.25, 0.3) is 0 Å². The highest BCUT2D eigenvalue weighted by atomic mass is 79.9. The first-order chi connectivity index (χ1) is 8.10. The Morgan fingerprint density at radius 3 is 1.59 bits per heavy atom. The Kier molecular flexibility index (Phi) is 7.04. The third kappa shape index (κ3) is 4.83. The predicted molar refractivity (Wildman–Crippen MR) is 89.2 cm³/mol. The topological polar surface area (TPSA) is 0 Å². The van der Waals surface area contributed by atoms with Gasteiger partial charge in [0, 0.05) is 8.07 Å². The minimum Gasteiger partial charge on any atom is -0.127 e. The first-order valence-electron chi connectivity index (χ1n) is 7.79. The van der Waals surface area contributed by atoms with E-state index in [1.807, 2.05) is 0 Å². The lowest BCUT2D eigenvalue weighted by molar-refractivity contribution is 0.813. The molecule has 17 heavy (non-hydrogen) atoms. The average Bonchev–Trinajstić information content (AvgIpc) is 2.29. The van der Waals surface area contributed by atoms with E-state index in [4.69, 9.17) is 0 Å². The molecule has 1 saturated heterocycles. The maximum atomic E-state index is 4.20. The molecule has 0 aromatic carbocycles. The molecule has 1 rings (SSSR count). The van der Waals surface area contributed by atoms with Crippen LogP contribution in [-0.2, 0) is 0 Å². The fourth-order valence-electron chi connectivity index (χ4n) is 3.54. The first kappa shape index (κ1) is 16.0. The van der Waals surface area contributed by atoms with E-state index < -0.39 is 14.8 Å². The van der Waals surface area contributed by atoms with Crippen LogP contribution in [0.2, 0.25) is 29.5 Å². The van der Waals surface area contributed by atoms with Gasteiger partial charge in [-0.3, -0.25) is 0 Å². The summed E-state index contributed by atoms with van der Waals surface area (Å²) in [5.41, 5.74) is 3.44. The van der Waals surface area contributed by atoms with Crippen molar-refractivity contribution in [3.05, 3.63) is 0 Å². The summed E-state index contributed by atoms with van der Waals surface area (Å²) in [7, 11) is -0.755. The van der Waals surface area contributed by atoms with E-state index in [2.05, 4.69) is 36.1 Å². The quantitative estimate of drug-likeness (QED) is 0.344. The van der Waals surface area contributed by atoms with Crippen LogP contribution in [0.5, 0.6) is 0 Å². The van der Waals surface area contributed by atoms with Crippen molar-refractivity contribution in [2.75, 3.05) is 0 Å². The smallest absolute Gasteiger partial charge is 0.125 e. The Morgan fingerprint density at radius 2 is 1.18 bits per heavy atom. The van der Waals surface area contributed by atoms with E-state index in [1.54, 1.807) is 29.5 Å². The van der Waals surface area contributed by atoms with Gasteiger partial charge in [-0.1, -0.05) is 82.7 Å². The van der Waals surface area contributed by atoms with Crippen molar-refractivity contribution in [2.24, 2.45) is 0 Å². The molecule has 0 bridgehead atoms. The van der Waals surface area contributed by atoms with E-state index in [1.165, 1.54) is 38.5 Å². The molecule has 1 fully saturated rings. The van der Waals surface area contributed by atoms with E-state index in [-0.39, 0.29) is 0 Å².